The second kappa shape index (κ2) is 7.24. The first-order valence-electron chi connectivity index (χ1n) is 7.45. The molecule has 7 heteroatoms. The molecule has 126 valence electrons. The summed E-state index contributed by atoms with van der Waals surface area (Å²) in [6.45, 7) is 0.517. The van der Waals surface area contributed by atoms with Gasteiger partial charge < -0.3 is 10.5 Å². The lowest BCUT2D eigenvalue weighted by molar-refractivity contribution is 0.289. The predicted octanol–water partition coefficient (Wildman–Crippen LogP) is 3.76. The molecule has 0 bridgehead atoms. The number of rotatable bonds is 5. The van der Waals surface area contributed by atoms with Gasteiger partial charge in [0.15, 0.2) is 5.56 Å². The van der Waals surface area contributed by atoms with Gasteiger partial charge in [-0.1, -0.05) is 35.9 Å². The Morgan fingerprint density at radius 1 is 1.20 bits per heavy atom. The van der Waals surface area contributed by atoms with Crippen LogP contribution in [0.4, 0.5) is 10.2 Å². The molecule has 0 saturated carbocycles. The minimum Gasteiger partial charge on any atom is -0.471 e. The summed E-state index contributed by atoms with van der Waals surface area (Å²) >= 11 is 5.94. The lowest BCUT2D eigenvalue weighted by atomic mass is 10.2. The van der Waals surface area contributed by atoms with Gasteiger partial charge in [-0.05, 0) is 35.4 Å². The number of nitriles is 1. The predicted molar refractivity (Wildman–Crippen MR) is 92.6 cm³/mol. The Hall–Kier alpha value is -3.04. The van der Waals surface area contributed by atoms with E-state index in [1.807, 2.05) is 18.2 Å². The summed E-state index contributed by atoms with van der Waals surface area (Å²) in [5, 5.41) is 14.2. The van der Waals surface area contributed by atoms with Gasteiger partial charge in [0.1, 0.15) is 24.3 Å². The van der Waals surface area contributed by atoms with Gasteiger partial charge in [-0.15, -0.1) is 5.10 Å². The first-order valence-corrected chi connectivity index (χ1v) is 7.82. The lowest BCUT2D eigenvalue weighted by Gasteiger charge is -2.04. The second-order valence-corrected chi connectivity index (χ2v) is 5.82. The van der Waals surface area contributed by atoms with E-state index in [2.05, 4.69) is 5.10 Å². The van der Waals surface area contributed by atoms with Crippen LogP contribution >= 0.6 is 11.6 Å². The number of nitrogens with two attached hydrogens (primary N) is 1. The number of aromatic nitrogens is 2. The van der Waals surface area contributed by atoms with Crippen LogP contribution in [-0.4, -0.2) is 9.78 Å². The molecule has 0 aliphatic heterocycles. The van der Waals surface area contributed by atoms with Crippen molar-refractivity contribution in [2.24, 2.45) is 0 Å². The summed E-state index contributed by atoms with van der Waals surface area (Å²) < 4.78 is 20.1. The minimum atomic E-state index is -0.319. The lowest BCUT2D eigenvalue weighted by Crippen LogP contribution is -2.06. The maximum atomic E-state index is 13.0. The van der Waals surface area contributed by atoms with Crippen LogP contribution in [0.5, 0.6) is 5.88 Å². The fourth-order valence-corrected chi connectivity index (χ4v) is 2.53. The van der Waals surface area contributed by atoms with Gasteiger partial charge in [0.25, 0.3) is 5.88 Å². The quantitative estimate of drug-likeness (QED) is 0.755. The van der Waals surface area contributed by atoms with E-state index in [4.69, 9.17) is 22.1 Å². The number of halogens is 2. The highest BCUT2D eigenvalue weighted by Crippen LogP contribution is 2.25. The molecule has 5 nitrogen and oxygen atoms in total. The average molecular weight is 357 g/mol. The van der Waals surface area contributed by atoms with Gasteiger partial charge in [0, 0.05) is 5.02 Å². The van der Waals surface area contributed by atoms with E-state index in [0.29, 0.717) is 11.6 Å². The molecular weight excluding hydrogens is 343 g/mol. The zero-order valence-corrected chi connectivity index (χ0v) is 13.9. The van der Waals surface area contributed by atoms with Crippen LogP contribution in [0.1, 0.15) is 16.7 Å². The summed E-state index contributed by atoms with van der Waals surface area (Å²) in [5.41, 5.74) is 7.82. The molecule has 0 spiro atoms. The fourth-order valence-electron chi connectivity index (χ4n) is 2.32. The number of nitrogens with zero attached hydrogens (tertiary/aromatic N) is 3. The van der Waals surface area contributed by atoms with Crippen molar-refractivity contribution in [2.45, 2.75) is 13.2 Å². The zero-order chi connectivity index (χ0) is 17.8. The zero-order valence-electron chi connectivity index (χ0n) is 13.1. The third-order valence-corrected chi connectivity index (χ3v) is 3.82. The van der Waals surface area contributed by atoms with Gasteiger partial charge in [0.05, 0.1) is 6.54 Å². The number of ether oxygens (including phenoxy) is 1. The SMILES string of the molecule is N#Cc1c(OCc2cccc(Cl)c2)nn(Cc2ccc(F)cc2)c1N. The van der Waals surface area contributed by atoms with Crippen LogP contribution in [0.15, 0.2) is 48.5 Å². The number of anilines is 1. The minimum absolute atomic E-state index is 0.155. The topological polar surface area (TPSA) is 76.9 Å². The van der Waals surface area contributed by atoms with Crippen LogP contribution in [-0.2, 0) is 13.2 Å². The van der Waals surface area contributed by atoms with Crippen molar-refractivity contribution in [1.82, 2.24) is 9.78 Å². The molecule has 0 amide bonds. The number of hydrogen-bond donors (Lipinski definition) is 1. The molecule has 3 rings (SSSR count). The van der Waals surface area contributed by atoms with Gasteiger partial charge >= 0.3 is 0 Å². The highest BCUT2D eigenvalue weighted by molar-refractivity contribution is 6.30. The van der Waals surface area contributed by atoms with Crippen molar-refractivity contribution in [3.63, 3.8) is 0 Å². The molecule has 3 aromatic rings. The number of hydrogen-bond acceptors (Lipinski definition) is 4. The van der Waals surface area contributed by atoms with Gasteiger partial charge in [-0.3, -0.25) is 0 Å². The Balaban J connectivity index is 1.80. The van der Waals surface area contributed by atoms with E-state index in [0.717, 1.165) is 11.1 Å². The van der Waals surface area contributed by atoms with Crippen LogP contribution in [0.25, 0.3) is 0 Å². The van der Waals surface area contributed by atoms with Crippen molar-refractivity contribution in [1.29, 1.82) is 5.26 Å². The van der Waals surface area contributed by atoms with E-state index in [1.54, 1.807) is 24.3 Å². The molecular formula is C18H14ClFN4O. The van der Waals surface area contributed by atoms with Gasteiger partial charge in [0.2, 0.25) is 0 Å². The molecule has 1 aromatic heterocycles. The van der Waals surface area contributed by atoms with Crippen LogP contribution in [0.2, 0.25) is 5.02 Å². The molecule has 0 fully saturated rings. The third-order valence-electron chi connectivity index (χ3n) is 3.58. The van der Waals surface area contributed by atoms with E-state index < -0.39 is 0 Å². The molecule has 2 N–H and O–H groups in total. The summed E-state index contributed by atoms with van der Waals surface area (Å²) in [4.78, 5) is 0. The fraction of sp³-hybridized carbons (Fsp3) is 0.111. The average Bonchev–Trinajstić information content (AvgIpc) is 2.90. The highest BCUT2D eigenvalue weighted by atomic mass is 35.5. The summed E-state index contributed by atoms with van der Waals surface area (Å²) in [6.07, 6.45) is 0. The second-order valence-electron chi connectivity index (χ2n) is 5.38. The molecule has 1 heterocycles. The molecule has 0 radical (unpaired) electrons. The van der Waals surface area contributed by atoms with Crippen molar-refractivity contribution >= 4 is 17.4 Å². The summed E-state index contributed by atoms with van der Waals surface area (Å²) in [7, 11) is 0. The molecule has 0 aliphatic rings. The third kappa shape index (κ3) is 3.90. The van der Waals surface area contributed by atoms with Crippen molar-refractivity contribution in [2.75, 3.05) is 5.73 Å². The maximum Gasteiger partial charge on any atom is 0.253 e. The first-order chi connectivity index (χ1) is 12.1. The summed E-state index contributed by atoms with van der Waals surface area (Å²) in [5.74, 6) is 0.0375. The standard InChI is InChI=1S/C18H14ClFN4O/c19-14-3-1-2-13(8-14)11-25-18-16(9-21)17(22)24(23-18)10-12-4-6-15(20)7-5-12/h1-8H,10-11,22H2. The molecule has 0 saturated heterocycles. The normalized spacial score (nSPS) is 10.4. The monoisotopic (exact) mass is 356 g/mol. The van der Waals surface area contributed by atoms with Crippen LogP contribution in [0, 0.1) is 17.1 Å². The molecule has 2 aromatic carbocycles. The van der Waals surface area contributed by atoms with E-state index in [9.17, 15) is 9.65 Å². The number of nitrogen functional groups attached to an aromatic ring is 1. The van der Waals surface area contributed by atoms with Gasteiger partial charge in [-0.25, -0.2) is 9.07 Å². The smallest absolute Gasteiger partial charge is 0.253 e. The number of benzene rings is 2. The van der Waals surface area contributed by atoms with Crippen molar-refractivity contribution < 1.29 is 9.13 Å². The van der Waals surface area contributed by atoms with Gasteiger partial charge in [-0.2, -0.15) is 5.26 Å². The Kier molecular flexibility index (Phi) is 4.87. The van der Waals surface area contributed by atoms with Crippen molar-refractivity contribution in [3.8, 4) is 11.9 Å². The Labute approximate surface area is 149 Å². The largest absolute Gasteiger partial charge is 0.471 e. The highest BCUT2D eigenvalue weighted by Gasteiger charge is 2.17. The maximum absolute atomic E-state index is 13.0. The first kappa shape index (κ1) is 16.8. The van der Waals surface area contributed by atoms with E-state index in [-0.39, 0.29) is 29.7 Å². The molecule has 25 heavy (non-hydrogen) atoms. The summed E-state index contributed by atoms with van der Waals surface area (Å²) in [6, 6.07) is 15.2. The van der Waals surface area contributed by atoms with E-state index in [1.165, 1.54) is 16.8 Å². The molecule has 0 atom stereocenters. The molecule has 0 aliphatic carbocycles. The van der Waals surface area contributed by atoms with Crippen LogP contribution < -0.4 is 10.5 Å². The van der Waals surface area contributed by atoms with Crippen molar-refractivity contribution in [3.05, 3.63) is 76.1 Å². The van der Waals surface area contributed by atoms with E-state index >= 15 is 0 Å². The Morgan fingerprint density at radius 3 is 2.64 bits per heavy atom. The van der Waals surface area contributed by atoms with Crippen LogP contribution in [0.3, 0.4) is 0 Å². The Bertz CT molecular complexity index is 931. The molecule has 0 unspecified atom stereocenters. The Morgan fingerprint density at radius 2 is 1.96 bits per heavy atom.